The van der Waals surface area contributed by atoms with E-state index >= 15 is 0 Å². The highest BCUT2D eigenvalue weighted by atomic mass is 35.5. The first-order valence-electron chi connectivity index (χ1n) is 5.97. The van der Waals surface area contributed by atoms with Crippen molar-refractivity contribution in [2.75, 3.05) is 32.7 Å². The van der Waals surface area contributed by atoms with Crippen molar-refractivity contribution in [1.82, 2.24) is 10.7 Å². The lowest BCUT2D eigenvalue weighted by atomic mass is 10.4. The minimum absolute atomic E-state index is 0.117. The molecule has 6 nitrogen and oxygen atoms in total. The summed E-state index contributed by atoms with van der Waals surface area (Å²) in [6.07, 6.45) is -0.287. The van der Waals surface area contributed by atoms with Crippen LogP contribution in [0.15, 0.2) is 30.3 Å². The summed E-state index contributed by atoms with van der Waals surface area (Å²) in [6.45, 7) is 0.117. The van der Waals surface area contributed by atoms with E-state index < -0.39 is 13.3 Å². The Labute approximate surface area is 124 Å². The van der Waals surface area contributed by atoms with Gasteiger partial charge in [-0.25, -0.2) is 5.84 Å². The Hall–Kier alpha value is -0.910. The summed E-state index contributed by atoms with van der Waals surface area (Å²) in [5.74, 6) is 4.66. The van der Waals surface area contributed by atoms with Crippen LogP contribution in [0.3, 0.4) is 0 Å². The molecule has 0 saturated carbocycles. The summed E-state index contributed by atoms with van der Waals surface area (Å²) in [7, 11) is 0.513. The Morgan fingerprint density at radius 2 is 1.90 bits per heavy atom. The molecule has 0 spiro atoms. The molecule has 0 saturated heterocycles. The Morgan fingerprint density at radius 1 is 1.35 bits per heavy atom. The molecular formula is C12H21ClN3O3P. The summed E-state index contributed by atoms with van der Waals surface area (Å²) in [5, 5.41) is 3.23. The molecule has 114 valence electrons. The Morgan fingerprint density at radius 3 is 2.35 bits per heavy atom. The number of alkyl halides is 1. The van der Waals surface area contributed by atoms with Gasteiger partial charge in [-0.05, 0) is 26.2 Å². The average Bonchev–Trinajstić information content (AvgIpc) is 2.47. The normalized spacial score (nSPS) is 12.8. The predicted octanol–water partition coefficient (Wildman–Crippen LogP) is 0.671. The lowest BCUT2D eigenvalue weighted by Gasteiger charge is -2.17. The largest absolute Gasteiger partial charge is 0.324 e. The van der Waals surface area contributed by atoms with Crippen molar-refractivity contribution in [1.29, 1.82) is 0 Å². The number of carbonyl (C=O) groups is 1. The predicted molar refractivity (Wildman–Crippen MR) is 82.5 cm³/mol. The Kier molecular flexibility index (Phi) is 10.3. The van der Waals surface area contributed by atoms with E-state index in [1.165, 1.54) is 0 Å². The number of halogens is 1. The van der Waals surface area contributed by atoms with Gasteiger partial charge in [0.25, 0.3) is 0 Å². The fraction of sp³-hybridized carbons (Fsp3) is 0.417. The van der Waals surface area contributed by atoms with E-state index in [-0.39, 0.29) is 18.6 Å². The number of amides is 1. The molecular weight excluding hydrogens is 301 g/mol. The molecule has 0 aliphatic heterocycles. The lowest BCUT2D eigenvalue weighted by molar-refractivity contribution is -0.118. The monoisotopic (exact) mass is 321 g/mol. The smallest absolute Gasteiger partial charge is 0.243 e. The standard InChI is InChI=1S/C10H14ClN2O3P.C2H7N/c11-6-7-16-17(15,8-10(14)13-12)9-4-2-1-3-5-9;1-3-2/h1-5H,6-8,12H2,(H,13,14);3H,1-2H3. The number of hydrogen-bond donors (Lipinski definition) is 3. The highest BCUT2D eigenvalue weighted by Gasteiger charge is 2.28. The van der Waals surface area contributed by atoms with Crippen LogP contribution in [-0.2, 0) is 13.9 Å². The molecule has 1 amide bonds. The Balaban J connectivity index is 0.00000110. The van der Waals surface area contributed by atoms with Gasteiger partial charge in [-0.2, -0.15) is 0 Å². The van der Waals surface area contributed by atoms with Crippen LogP contribution < -0.4 is 21.9 Å². The number of nitrogens with one attached hydrogen (secondary N) is 2. The molecule has 0 fully saturated rings. The van der Waals surface area contributed by atoms with E-state index in [4.69, 9.17) is 22.0 Å². The molecule has 1 unspecified atom stereocenters. The molecule has 0 aromatic heterocycles. The number of carbonyl (C=O) groups excluding carboxylic acids is 1. The van der Waals surface area contributed by atoms with Gasteiger partial charge >= 0.3 is 0 Å². The second-order valence-electron chi connectivity index (χ2n) is 3.76. The summed E-state index contributed by atoms with van der Waals surface area (Å²) in [5.41, 5.74) is 1.94. The van der Waals surface area contributed by atoms with Crippen LogP contribution in [0, 0.1) is 0 Å². The molecule has 0 aliphatic carbocycles. The van der Waals surface area contributed by atoms with Crippen LogP contribution in [0.5, 0.6) is 0 Å². The minimum Gasteiger partial charge on any atom is -0.324 e. The zero-order chi connectivity index (χ0) is 15.4. The quantitative estimate of drug-likeness (QED) is 0.235. The van der Waals surface area contributed by atoms with Crippen LogP contribution in [0.1, 0.15) is 0 Å². The van der Waals surface area contributed by atoms with Crippen molar-refractivity contribution < 1.29 is 13.9 Å². The molecule has 0 aliphatic rings. The minimum atomic E-state index is -3.24. The third kappa shape index (κ3) is 7.03. The van der Waals surface area contributed by atoms with Gasteiger partial charge in [0.15, 0.2) is 0 Å². The number of rotatable bonds is 6. The van der Waals surface area contributed by atoms with Crippen molar-refractivity contribution in [3.05, 3.63) is 30.3 Å². The van der Waals surface area contributed by atoms with Gasteiger partial charge < -0.3 is 9.84 Å². The first-order valence-corrected chi connectivity index (χ1v) is 8.31. The van der Waals surface area contributed by atoms with E-state index in [0.29, 0.717) is 5.30 Å². The molecule has 20 heavy (non-hydrogen) atoms. The van der Waals surface area contributed by atoms with Gasteiger partial charge in [-0.3, -0.25) is 14.8 Å². The van der Waals surface area contributed by atoms with Crippen molar-refractivity contribution >= 4 is 30.2 Å². The summed E-state index contributed by atoms with van der Waals surface area (Å²) in [6, 6.07) is 8.55. The molecule has 0 heterocycles. The maximum absolute atomic E-state index is 12.5. The maximum Gasteiger partial charge on any atom is 0.243 e. The molecule has 8 heteroatoms. The topological polar surface area (TPSA) is 93.5 Å². The van der Waals surface area contributed by atoms with Crippen molar-refractivity contribution in [3.63, 3.8) is 0 Å². The van der Waals surface area contributed by atoms with Crippen LogP contribution in [0.4, 0.5) is 0 Å². The van der Waals surface area contributed by atoms with Gasteiger partial charge in [0.2, 0.25) is 13.3 Å². The molecule has 1 atom stereocenters. The molecule has 1 aromatic rings. The lowest BCUT2D eigenvalue weighted by Crippen LogP contribution is -2.34. The van der Waals surface area contributed by atoms with Crippen LogP contribution in [0.2, 0.25) is 0 Å². The van der Waals surface area contributed by atoms with E-state index in [9.17, 15) is 9.36 Å². The van der Waals surface area contributed by atoms with Gasteiger partial charge in [-0.1, -0.05) is 18.2 Å². The van der Waals surface area contributed by atoms with Crippen molar-refractivity contribution in [3.8, 4) is 0 Å². The van der Waals surface area contributed by atoms with Gasteiger partial charge in [-0.15, -0.1) is 11.6 Å². The third-order valence-electron chi connectivity index (χ3n) is 2.04. The van der Waals surface area contributed by atoms with E-state index in [0.717, 1.165) is 0 Å². The van der Waals surface area contributed by atoms with E-state index in [2.05, 4.69) is 5.32 Å². The van der Waals surface area contributed by atoms with Crippen molar-refractivity contribution in [2.24, 2.45) is 5.84 Å². The van der Waals surface area contributed by atoms with Gasteiger partial charge in [0, 0.05) is 11.2 Å². The average molecular weight is 322 g/mol. The Bertz CT molecular complexity index is 431. The van der Waals surface area contributed by atoms with E-state index in [1.54, 1.807) is 30.3 Å². The maximum atomic E-state index is 12.5. The zero-order valence-corrected chi connectivity index (χ0v) is 13.3. The zero-order valence-electron chi connectivity index (χ0n) is 11.6. The SMILES string of the molecule is CNC.NNC(=O)CP(=O)(OCCCl)c1ccccc1. The number of nitrogens with two attached hydrogens (primary N) is 1. The molecule has 0 bridgehead atoms. The van der Waals surface area contributed by atoms with Crippen LogP contribution in [0.25, 0.3) is 0 Å². The fourth-order valence-electron chi connectivity index (χ4n) is 1.28. The van der Waals surface area contributed by atoms with Gasteiger partial charge in [0.1, 0.15) is 6.16 Å². The fourth-order valence-corrected chi connectivity index (χ4v) is 3.37. The first kappa shape index (κ1) is 19.1. The summed E-state index contributed by atoms with van der Waals surface area (Å²) in [4.78, 5) is 11.2. The highest BCUT2D eigenvalue weighted by molar-refractivity contribution is 7.67. The van der Waals surface area contributed by atoms with Crippen LogP contribution >= 0.6 is 19.0 Å². The third-order valence-corrected chi connectivity index (χ3v) is 4.58. The number of benzene rings is 1. The second kappa shape index (κ2) is 10.8. The van der Waals surface area contributed by atoms with Crippen LogP contribution in [-0.4, -0.2) is 38.7 Å². The van der Waals surface area contributed by atoms with E-state index in [1.807, 2.05) is 19.5 Å². The molecule has 0 radical (unpaired) electrons. The molecule has 4 N–H and O–H groups in total. The first-order chi connectivity index (χ1) is 9.53. The number of hydrazine groups is 1. The summed E-state index contributed by atoms with van der Waals surface area (Å²) < 4.78 is 17.8. The molecule has 1 rings (SSSR count). The summed E-state index contributed by atoms with van der Waals surface area (Å²) >= 11 is 5.49. The second-order valence-corrected chi connectivity index (χ2v) is 6.57. The highest BCUT2D eigenvalue weighted by Crippen LogP contribution is 2.45. The van der Waals surface area contributed by atoms with Gasteiger partial charge in [0.05, 0.1) is 6.61 Å². The number of hydrogen-bond acceptors (Lipinski definition) is 5. The van der Waals surface area contributed by atoms with Crippen molar-refractivity contribution in [2.45, 2.75) is 0 Å². The molecule has 1 aromatic carbocycles.